The molecular weight excluding hydrogens is 338 g/mol. The van der Waals surface area contributed by atoms with E-state index in [2.05, 4.69) is 15.6 Å². The molecule has 0 aliphatic heterocycles. The molecule has 0 radical (unpaired) electrons. The first kappa shape index (κ1) is 18.9. The van der Waals surface area contributed by atoms with Crippen LogP contribution in [0.15, 0.2) is 30.3 Å². The molecule has 0 saturated carbocycles. The van der Waals surface area contributed by atoms with Crippen molar-refractivity contribution in [3.05, 3.63) is 57.9 Å². The summed E-state index contributed by atoms with van der Waals surface area (Å²) in [5, 5.41) is 6.03. The second-order valence-corrected chi connectivity index (χ2v) is 6.81. The summed E-state index contributed by atoms with van der Waals surface area (Å²) in [4.78, 5) is 28.7. The minimum absolute atomic E-state index is 0.160. The molecule has 2 N–H and O–H groups in total. The summed E-state index contributed by atoms with van der Waals surface area (Å²) in [6, 6.07) is 8.50. The summed E-state index contributed by atoms with van der Waals surface area (Å²) in [5.74, 6) is -0.373. The highest BCUT2D eigenvalue weighted by atomic mass is 35.5. The zero-order chi connectivity index (χ0) is 18.6. The van der Waals surface area contributed by atoms with Crippen LogP contribution in [-0.2, 0) is 0 Å². The smallest absolute Gasteiger partial charge is 0.274 e. The van der Waals surface area contributed by atoms with E-state index in [0.717, 1.165) is 11.1 Å². The molecule has 0 atom stereocenters. The number of carbonyl (C=O) groups excluding carboxylic acids is 2. The standard InChI is InChI=1S/C19H22ClN3O2/c1-11(2)10-21-18(24)15-6-5-7-16(22-15)19(25)23-17-13(4)8-12(3)9-14(17)20/h5-9,11H,10H2,1-4H3,(H,21,24)(H,23,25). The van der Waals surface area contributed by atoms with Crippen molar-refractivity contribution in [3.8, 4) is 0 Å². The Bertz CT molecular complexity index is 780. The Balaban J connectivity index is 2.18. The lowest BCUT2D eigenvalue weighted by Gasteiger charge is -2.12. The monoisotopic (exact) mass is 359 g/mol. The maximum Gasteiger partial charge on any atom is 0.274 e. The third kappa shape index (κ3) is 5.03. The van der Waals surface area contributed by atoms with Crippen LogP contribution in [0.4, 0.5) is 5.69 Å². The number of rotatable bonds is 5. The van der Waals surface area contributed by atoms with E-state index < -0.39 is 5.91 Å². The number of nitrogens with one attached hydrogen (secondary N) is 2. The Morgan fingerprint density at radius 3 is 2.36 bits per heavy atom. The summed E-state index contributed by atoms with van der Waals surface area (Å²) < 4.78 is 0. The van der Waals surface area contributed by atoms with Gasteiger partial charge in [0.1, 0.15) is 11.4 Å². The number of hydrogen-bond acceptors (Lipinski definition) is 3. The average Bonchev–Trinajstić information content (AvgIpc) is 2.55. The maximum absolute atomic E-state index is 12.5. The zero-order valence-corrected chi connectivity index (χ0v) is 15.6. The average molecular weight is 360 g/mol. The van der Waals surface area contributed by atoms with E-state index in [4.69, 9.17) is 11.6 Å². The van der Waals surface area contributed by atoms with Gasteiger partial charge >= 0.3 is 0 Å². The van der Waals surface area contributed by atoms with Gasteiger partial charge in [-0.2, -0.15) is 0 Å². The zero-order valence-electron chi connectivity index (χ0n) is 14.8. The van der Waals surface area contributed by atoms with Gasteiger partial charge in [0, 0.05) is 6.54 Å². The van der Waals surface area contributed by atoms with E-state index in [1.165, 1.54) is 0 Å². The molecule has 0 bridgehead atoms. The first-order valence-electron chi connectivity index (χ1n) is 8.11. The molecule has 0 saturated heterocycles. The molecule has 2 amide bonds. The van der Waals surface area contributed by atoms with Gasteiger partial charge in [-0.15, -0.1) is 0 Å². The molecule has 6 heteroatoms. The molecule has 2 rings (SSSR count). The molecular formula is C19H22ClN3O2. The van der Waals surface area contributed by atoms with E-state index >= 15 is 0 Å². The molecule has 0 unspecified atom stereocenters. The first-order valence-corrected chi connectivity index (χ1v) is 8.49. The SMILES string of the molecule is Cc1cc(C)c(NC(=O)c2cccc(C(=O)NCC(C)C)n2)c(Cl)c1. The van der Waals surface area contributed by atoms with Gasteiger partial charge in [-0.05, 0) is 49.1 Å². The Labute approximate surface area is 152 Å². The highest BCUT2D eigenvalue weighted by Crippen LogP contribution is 2.27. The number of halogens is 1. The quantitative estimate of drug-likeness (QED) is 0.847. The molecule has 5 nitrogen and oxygen atoms in total. The van der Waals surface area contributed by atoms with Crippen molar-refractivity contribution in [2.24, 2.45) is 5.92 Å². The van der Waals surface area contributed by atoms with Crippen LogP contribution in [0.25, 0.3) is 0 Å². The first-order chi connectivity index (χ1) is 11.8. The number of hydrogen-bond donors (Lipinski definition) is 2. The second-order valence-electron chi connectivity index (χ2n) is 6.40. The van der Waals surface area contributed by atoms with Crippen molar-refractivity contribution in [1.29, 1.82) is 0 Å². The van der Waals surface area contributed by atoms with Crippen LogP contribution < -0.4 is 10.6 Å². The lowest BCUT2D eigenvalue weighted by atomic mass is 10.1. The van der Waals surface area contributed by atoms with Crippen molar-refractivity contribution in [2.45, 2.75) is 27.7 Å². The fourth-order valence-electron chi connectivity index (χ4n) is 2.33. The van der Waals surface area contributed by atoms with Crippen molar-refractivity contribution in [1.82, 2.24) is 10.3 Å². The van der Waals surface area contributed by atoms with Gasteiger partial charge in [-0.3, -0.25) is 9.59 Å². The van der Waals surface area contributed by atoms with Gasteiger partial charge in [0.25, 0.3) is 11.8 Å². The molecule has 0 aliphatic rings. The number of amides is 2. The predicted molar refractivity (Wildman–Crippen MR) is 100 cm³/mol. The van der Waals surface area contributed by atoms with E-state index in [1.54, 1.807) is 24.3 Å². The summed E-state index contributed by atoms with van der Waals surface area (Å²) in [6.45, 7) is 8.37. The van der Waals surface area contributed by atoms with Crippen LogP contribution >= 0.6 is 11.6 Å². The minimum atomic E-state index is -0.410. The topological polar surface area (TPSA) is 71.1 Å². The minimum Gasteiger partial charge on any atom is -0.350 e. The Morgan fingerprint density at radius 2 is 1.76 bits per heavy atom. The summed E-state index contributed by atoms with van der Waals surface area (Å²) in [5.41, 5.74) is 2.80. The van der Waals surface area contributed by atoms with Crippen LogP contribution in [-0.4, -0.2) is 23.3 Å². The lowest BCUT2D eigenvalue weighted by molar-refractivity contribution is 0.0944. The summed E-state index contributed by atoms with van der Waals surface area (Å²) in [6.07, 6.45) is 0. The number of aromatic nitrogens is 1. The van der Waals surface area contributed by atoms with Gasteiger partial charge < -0.3 is 10.6 Å². The Kier molecular flexibility index (Phi) is 6.15. The van der Waals surface area contributed by atoms with Crippen molar-refractivity contribution < 1.29 is 9.59 Å². The van der Waals surface area contributed by atoms with Gasteiger partial charge in [-0.1, -0.05) is 37.6 Å². The van der Waals surface area contributed by atoms with Gasteiger partial charge in [0.05, 0.1) is 10.7 Å². The van der Waals surface area contributed by atoms with Gasteiger partial charge in [0.2, 0.25) is 0 Å². The van der Waals surface area contributed by atoms with Crippen molar-refractivity contribution >= 4 is 29.1 Å². The fourth-order valence-corrected chi connectivity index (χ4v) is 2.70. The number of aryl methyl sites for hydroxylation is 2. The van der Waals surface area contributed by atoms with E-state index in [1.807, 2.05) is 33.8 Å². The number of pyridine rings is 1. The number of anilines is 1. The molecule has 1 aromatic heterocycles. The molecule has 1 heterocycles. The maximum atomic E-state index is 12.5. The largest absolute Gasteiger partial charge is 0.350 e. The Morgan fingerprint density at radius 1 is 1.12 bits per heavy atom. The second kappa shape index (κ2) is 8.12. The molecule has 0 spiro atoms. The highest BCUT2D eigenvalue weighted by molar-refractivity contribution is 6.34. The van der Waals surface area contributed by atoms with Crippen molar-refractivity contribution in [3.63, 3.8) is 0 Å². The predicted octanol–water partition coefficient (Wildman–Crippen LogP) is 3.99. The fraction of sp³-hybridized carbons (Fsp3) is 0.316. The van der Waals surface area contributed by atoms with E-state index in [-0.39, 0.29) is 17.3 Å². The number of nitrogens with zero attached hydrogens (tertiary/aromatic N) is 1. The van der Waals surface area contributed by atoms with Crippen LogP contribution in [0, 0.1) is 19.8 Å². The highest BCUT2D eigenvalue weighted by Gasteiger charge is 2.15. The third-order valence-corrected chi connectivity index (χ3v) is 3.85. The van der Waals surface area contributed by atoms with Gasteiger partial charge in [-0.25, -0.2) is 4.98 Å². The number of benzene rings is 1. The van der Waals surface area contributed by atoms with Crippen molar-refractivity contribution in [2.75, 3.05) is 11.9 Å². The molecule has 0 aliphatic carbocycles. The summed E-state index contributed by atoms with van der Waals surface area (Å²) >= 11 is 6.22. The van der Waals surface area contributed by atoms with Crippen LogP contribution in [0.5, 0.6) is 0 Å². The normalized spacial score (nSPS) is 10.6. The molecule has 132 valence electrons. The van der Waals surface area contributed by atoms with Crippen LogP contribution in [0.2, 0.25) is 5.02 Å². The number of carbonyl (C=O) groups is 2. The molecule has 1 aromatic carbocycles. The molecule has 2 aromatic rings. The van der Waals surface area contributed by atoms with Crippen LogP contribution in [0.1, 0.15) is 46.0 Å². The molecule has 25 heavy (non-hydrogen) atoms. The third-order valence-electron chi connectivity index (χ3n) is 3.56. The molecule has 0 fully saturated rings. The van der Waals surface area contributed by atoms with E-state index in [9.17, 15) is 9.59 Å². The van der Waals surface area contributed by atoms with Crippen LogP contribution in [0.3, 0.4) is 0 Å². The summed E-state index contributed by atoms with van der Waals surface area (Å²) in [7, 11) is 0. The Hall–Kier alpha value is -2.40. The van der Waals surface area contributed by atoms with Gasteiger partial charge in [0.15, 0.2) is 0 Å². The lowest BCUT2D eigenvalue weighted by Crippen LogP contribution is -2.28. The van der Waals surface area contributed by atoms with E-state index in [0.29, 0.717) is 23.2 Å².